The van der Waals surface area contributed by atoms with Gasteiger partial charge >= 0.3 is 0 Å². The molecule has 12 heteroatoms. The molecular formula is C39H43Cl2N3O6S. The first-order valence-corrected chi connectivity index (χ1v) is 19.1. The van der Waals surface area contributed by atoms with E-state index in [1.165, 1.54) is 37.3 Å². The predicted molar refractivity (Wildman–Crippen MR) is 201 cm³/mol. The van der Waals surface area contributed by atoms with E-state index in [-0.39, 0.29) is 41.2 Å². The summed E-state index contributed by atoms with van der Waals surface area (Å²) in [7, 11) is -1.50. The molecule has 0 spiro atoms. The van der Waals surface area contributed by atoms with Crippen LogP contribution in [0.5, 0.6) is 11.5 Å². The van der Waals surface area contributed by atoms with Gasteiger partial charge in [-0.1, -0.05) is 96.6 Å². The third kappa shape index (κ3) is 9.36. The Labute approximate surface area is 310 Å². The standard InChI is InChI=1S/C39H43Cl2N3O6S/c1-27-17-20-31(21-18-27)51(47,48)44(35-24-30(49-2)19-22-37(35)50-3)26-38(45)43(25-32-33(40)15-10-16-34(32)41)36(23-28-11-6-4-7-12-28)39(46)42-29-13-8-5-9-14-29/h4,6-7,10-12,15-22,24,29,36H,5,8-9,13-14,23,25-26H2,1-3H3,(H,42,46). The molecule has 1 atom stereocenters. The molecule has 4 aromatic carbocycles. The number of benzene rings is 4. The lowest BCUT2D eigenvalue weighted by Crippen LogP contribution is -2.55. The van der Waals surface area contributed by atoms with Crippen LogP contribution in [0, 0.1) is 6.92 Å². The summed E-state index contributed by atoms with van der Waals surface area (Å²) >= 11 is 13.3. The van der Waals surface area contributed by atoms with Gasteiger partial charge in [-0.15, -0.1) is 0 Å². The molecule has 4 aromatic rings. The van der Waals surface area contributed by atoms with E-state index in [4.69, 9.17) is 32.7 Å². The van der Waals surface area contributed by atoms with Crippen LogP contribution < -0.4 is 19.1 Å². The van der Waals surface area contributed by atoms with Crippen molar-refractivity contribution in [2.24, 2.45) is 0 Å². The van der Waals surface area contributed by atoms with E-state index in [1.54, 1.807) is 42.5 Å². The predicted octanol–water partition coefficient (Wildman–Crippen LogP) is 7.60. The van der Waals surface area contributed by atoms with Crippen LogP contribution in [0.2, 0.25) is 10.0 Å². The Morgan fingerprint density at radius 2 is 1.53 bits per heavy atom. The minimum atomic E-state index is -4.38. The van der Waals surface area contributed by atoms with Gasteiger partial charge in [0.1, 0.15) is 24.1 Å². The third-order valence-corrected chi connectivity index (χ3v) is 11.6. The molecule has 1 aliphatic rings. The molecule has 51 heavy (non-hydrogen) atoms. The first-order chi connectivity index (χ1) is 24.5. The number of carbonyl (C=O) groups is 2. The molecule has 5 rings (SSSR count). The molecule has 0 bridgehead atoms. The zero-order valence-electron chi connectivity index (χ0n) is 29.0. The number of hydrogen-bond acceptors (Lipinski definition) is 6. The second-order valence-electron chi connectivity index (χ2n) is 12.6. The third-order valence-electron chi connectivity index (χ3n) is 9.16. The zero-order chi connectivity index (χ0) is 36.5. The number of ether oxygens (including phenoxy) is 2. The summed E-state index contributed by atoms with van der Waals surface area (Å²) in [5, 5.41) is 3.82. The van der Waals surface area contributed by atoms with Crippen molar-refractivity contribution in [1.29, 1.82) is 0 Å². The van der Waals surface area contributed by atoms with Crippen LogP contribution in [-0.2, 0) is 32.6 Å². The molecule has 0 radical (unpaired) electrons. The van der Waals surface area contributed by atoms with Crippen molar-refractivity contribution in [3.63, 3.8) is 0 Å². The van der Waals surface area contributed by atoms with Crippen molar-refractivity contribution in [2.75, 3.05) is 25.1 Å². The molecule has 1 saturated carbocycles. The fourth-order valence-corrected chi connectivity index (χ4v) is 8.23. The van der Waals surface area contributed by atoms with E-state index >= 15 is 0 Å². The molecule has 0 aliphatic heterocycles. The molecule has 1 fully saturated rings. The topological polar surface area (TPSA) is 105 Å². The van der Waals surface area contributed by atoms with Crippen LogP contribution in [0.25, 0.3) is 0 Å². The number of sulfonamides is 1. The van der Waals surface area contributed by atoms with E-state index in [9.17, 15) is 18.0 Å². The van der Waals surface area contributed by atoms with Gasteiger partial charge in [-0.2, -0.15) is 0 Å². The van der Waals surface area contributed by atoms with Gasteiger partial charge in [-0.3, -0.25) is 13.9 Å². The van der Waals surface area contributed by atoms with Gasteiger partial charge in [0.2, 0.25) is 11.8 Å². The average Bonchev–Trinajstić information content (AvgIpc) is 3.13. The van der Waals surface area contributed by atoms with Crippen molar-refractivity contribution < 1.29 is 27.5 Å². The Morgan fingerprint density at radius 1 is 0.863 bits per heavy atom. The van der Waals surface area contributed by atoms with Gasteiger partial charge < -0.3 is 19.7 Å². The van der Waals surface area contributed by atoms with Crippen molar-refractivity contribution in [2.45, 2.75) is 69.0 Å². The number of rotatable bonds is 14. The quantitative estimate of drug-likeness (QED) is 0.142. The second-order valence-corrected chi connectivity index (χ2v) is 15.3. The molecule has 270 valence electrons. The number of nitrogens with zero attached hydrogens (tertiary/aromatic N) is 2. The summed E-state index contributed by atoms with van der Waals surface area (Å²) in [5.41, 5.74) is 2.21. The van der Waals surface area contributed by atoms with E-state index in [0.717, 1.165) is 47.5 Å². The number of anilines is 1. The second kappa shape index (κ2) is 17.3. The average molecular weight is 753 g/mol. The lowest BCUT2D eigenvalue weighted by Gasteiger charge is -2.35. The van der Waals surface area contributed by atoms with Gasteiger partial charge in [0.15, 0.2) is 0 Å². The Hall–Kier alpha value is -4.25. The lowest BCUT2D eigenvalue weighted by atomic mass is 9.94. The maximum absolute atomic E-state index is 15.0. The Morgan fingerprint density at radius 3 is 2.16 bits per heavy atom. The van der Waals surface area contributed by atoms with E-state index in [1.807, 2.05) is 37.3 Å². The van der Waals surface area contributed by atoms with E-state index in [0.29, 0.717) is 21.4 Å². The van der Waals surface area contributed by atoms with Gasteiger partial charge in [0, 0.05) is 40.7 Å². The maximum atomic E-state index is 15.0. The summed E-state index contributed by atoms with van der Waals surface area (Å²) in [5.74, 6) is -0.424. The monoisotopic (exact) mass is 751 g/mol. The molecule has 1 aliphatic carbocycles. The summed E-state index contributed by atoms with van der Waals surface area (Å²) in [6.45, 7) is 1.02. The minimum absolute atomic E-state index is 0.0256. The fourth-order valence-electron chi connectivity index (χ4n) is 6.29. The summed E-state index contributed by atoms with van der Waals surface area (Å²) in [6.07, 6.45) is 4.95. The van der Waals surface area contributed by atoms with Gasteiger partial charge in [-0.25, -0.2) is 8.42 Å². The largest absolute Gasteiger partial charge is 0.497 e. The van der Waals surface area contributed by atoms with Crippen LogP contribution >= 0.6 is 23.2 Å². The molecule has 0 heterocycles. The number of methoxy groups -OCH3 is 2. The van der Waals surface area contributed by atoms with Crippen LogP contribution in [-0.4, -0.2) is 58.0 Å². The van der Waals surface area contributed by atoms with Crippen molar-refractivity contribution >= 4 is 50.7 Å². The normalized spacial score (nSPS) is 14.0. The molecule has 9 nitrogen and oxygen atoms in total. The highest BCUT2D eigenvalue weighted by Gasteiger charge is 2.37. The number of aryl methyl sites for hydroxylation is 1. The Balaban J connectivity index is 1.64. The van der Waals surface area contributed by atoms with E-state index in [2.05, 4.69) is 5.32 Å². The number of halogens is 2. The molecule has 1 unspecified atom stereocenters. The lowest BCUT2D eigenvalue weighted by molar-refractivity contribution is -0.140. The van der Waals surface area contributed by atoms with Crippen LogP contribution in [0.1, 0.15) is 48.8 Å². The minimum Gasteiger partial charge on any atom is -0.497 e. The van der Waals surface area contributed by atoms with Gasteiger partial charge in [0.25, 0.3) is 10.0 Å². The first kappa shape index (κ1) is 38.0. The van der Waals surface area contributed by atoms with Gasteiger partial charge in [0.05, 0.1) is 24.8 Å². The van der Waals surface area contributed by atoms with Crippen molar-refractivity contribution in [1.82, 2.24) is 10.2 Å². The number of hydrogen-bond donors (Lipinski definition) is 1. The highest BCUT2D eigenvalue weighted by atomic mass is 35.5. The Bertz CT molecular complexity index is 1900. The maximum Gasteiger partial charge on any atom is 0.264 e. The fraction of sp³-hybridized carbons (Fsp3) is 0.333. The Kier molecular flexibility index (Phi) is 12.9. The molecule has 1 N–H and O–H groups in total. The van der Waals surface area contributed by atoms with Gasteiger partial charge in [-0.05, 0) is 61.7 Å². The molecule has 2 amide bonds. The smallest absolute Gasteiger partial charge is 0.264 e. The van der Waals surface area contributed by atoms with Crippen molar-refractivity contribution in [3.05, 3.63) is 118 Å². The molecular weight excluding hydrogens is 709 g/mol. The van der Waals surface area contributed by atoms with Crippen molar-refractivity contribution in [3.8, 4) is 11.5 Å². The van der Waals surface area contributed by atoms with Crippen LogP contribution in [0.3, 0.4) is 0 Å². The summed E-state index contributed by atoms with van der Waals surface area (Å²) in [4.78, 5) is 30.7. The first-order valence-electron chi connectivity index (χ1n) is 16.9. The summed E-state index contributed by atoms with van der Waals surface area (Å²) in [6, 6.07) is 24.4. The highest BCUT2D eigenvalue weighted by molar-refractivity contribution is 7.92. The highest BCUT2D eigenvalue weighted by Crippen LogP contribution is 2.36. The van der Waals surface area contributed by atoms with Crippen LogP contribution in [0.15, 0.2) is 95.9 Å². The SMILES string of the molecule is COc1ccc(OC)c(N(CC(=O)N(Cc2c(Cl)cccc2Cl)C(Cc2ccccc2)C(=O)NC2CCCCC2)S(=O)(=O)c2ccc(C)cc2)c1. The number of nitrogens with one attached hydrogen (secondary N) is 1. The summed E-state index contributed by atoms with van der Waals surface area (Å²) < 4.78 is 41.1. The molecule has 0 aromatic heterocycles. The number of amides is 2. The molecule has 0 saturated heterocycles. The van der Waals surface area contributed by atoms with Crippen LogP contribution in [0.4, 0.5) is 5.69 Å². The van der Waals surface area contributed by atoms with E-state index < -0.39 is 28.5 Å². The number of carbonyl (C=O) groups excluding carboxylic acids is 2. The zero-order valence-corrected chi connectivity index (χ0v) is 31.3.